The molecule has 0 bridgehead atoms. The first-order chi connectivity index (χ1) is 16.1. The predicted octanol–water partition coefficient (Wildman–Crippen LogP) is 4.34. The summed E-state index contributed by atoms with van der Waals surface area (Å²) in [5, 5.41) is 5.34. The van der Waals surface area contributed by atoms with Crippen LogP contribution in [0.4, 0.5) is 23.7 Å². The molecule has 0 radical (unpaired) electrons. The zero-order valence-corrected chi connectivity index (χ0v) is 18.5. The van der Waals surface area contributed by atoms with E-state index in [1.54, 1.807) is 18.2 Å². The number of methoxy groups -OCH3 is 1. The van der Waals surface area contributed by atoms with E-state index in [2.05, 4.69) is 15.4 Å². The van der Waals surface area contributed by atoms with Crippen LogP contribution in [0.2, 0.25) is 0 Å². The van der Waals surface area contributed by atoms with Gasteiger partial charge in [0.15, 0.2) is 0 Å². The van der Waals surface area contributed by atoms with Gasteiger partial charge in [-0.25, -0.2) is 4.79 Å². The van der Waals surface area contributed by atoms with Crippen molar-refractivity contribution in [3.63, 3.8) is 0 Å². The van der Waals surface area contributed by atoms with Gasteiger partial charge in [-0.3, -0.25) is 4.79 Å². The van der Waals surface area contributed by atoms with E-state index in [0.29, 0.717) is 25.0 Å². The summed E-state index contributed by atoms with van der Waals surface area (Å²) in [4.78, 5) is 23.7. The van der Waals surface area contributed by atoms with E-state index in [0.717, 1.165) is 30.5 Å². The van der Waals surface area contributed by atoms with Gasteiger partial charge in [-0.1, -0.05) is 12.1 Å². The van der Waals surface area contributed by atoms with E-state index in [1.165, 1.54) is 13.2 Å². The van der Waals surface area contributed by atoms with Crippen molar-refractivity contribution in [2.24, 2.45) is 5.73 Å². The van der Waals surface area contributed by atoms with Crippen LogP contribution in [-0.4, -0.2) is 37.6 Å². The molecule has 0 saturated heterocycles. The van der Waals surface area contributed by atoms with Crippen molar-refractivity contribution in [2.75, 3.05) is 12.4 Å². The summed E-state index contributed by atoms with van der Waals surface area (Å²) in [6, 6.07) is 9.69. The largest absolute Gasteiger partial charge is 0.573 e. The maximum atomic E-state index is 12.5. The van der Waals surface area contributed by atoms with Crippen LogP contribution in [0.5, 0.6) is 11.5 Å². The van der Waals surface area contributed by atoms with Crippen molar-refractivity contribution in [3.8, 4) is 11.5 Å². The summed E-state index contributed by atoms with van der Waals surface area (Å²) in [5.41, 5.74) is 6.62. The minimum absolute atomic E-state index is 0.00892. The first kappa shape index (κ1) is 25.2. The van der Waals surface area contributed by atoms with Gasteiger partial charge in [-0.05, 0) is 55.5 Å². The Balaban J connectivity index is 1.47. The Morgan fingerprint density at radius 3 is 2.47 bits per heavy atom. The summed E-state index contributed by atoms with van der Waals surface area (Å²) in [6.45, 7) is 0.348. The first-order valence-electron chi connectivity index (χ1n) is 10.6. The fourth-order valence-corrected chi connectivity index (χ4v) is 3.73. The van der Waals surface area contributed by atoms with Crippen LogP contribution in [0.1, 0.15) is 41.6 Å². The highest BCUT2D eigenvalue weighted by Gasteiger charge is 2.31. The maximum absolute atomic E-state index is 12.5. The third kappa shape index (κ3) is 7.55. The van der Waals surface area contributed by atoms with Crippen LogP contribution in [-0.2, 0) is 11.3 Å². The second-order valence-corrected chi connectivity index (χ2v) is 7.86. The molecule has 1 aliphatic rings. The minimum Gasteiger partial charge on any atom is -0.495 e. The third-order valence-electron chi connectivity index (χ3n) is 5.36. The standard InChI is InChI=1S/C23H26F3N3O5/c1-32-20-10-9-18(34-23(24,25)26)12-19(20)29-22(31)28-16-5-7-17(8-6-16)33-13-14-3-2-4-15(11-14)21(27)30/h2-4,9-12,16-17H,5-8,13H2,1H3,(H2,27,30)(H2,28,29,31)/t16-,17-. The number of ether oxygens (including phenoxy) is 3. The molecule has 2 aromatic carbocycles. The average Bonchev–Trinajstić information content (AvgIpc) is 2.78. The molecule has 8 nitrogen and oxygen atoms in total. The van der Waals surface area contributed by atoms with Crippen LogP contribution in [0.25, 0.3) is 0 Å². The molecule has 3 rings (SSSR count). The highest BCUT2D eigenvalue weighted by Crippen LogP contribution is 2.32. The van der Waals surface area contributed by atoms with Gasteiger partial charge in [0.1, 0.15) is 11.5 Å². The zero-order valence-electron chi connectivity index (χ0n) is 18.5. The predicted molar refractivity (Wildman–Crippen MR) is 118 cm³/mol. The van der Waals surface area contributed by atoms with E-state index in [4.69, 9.17) is 15.2 Å². The lowest BCUT2D eigenvalue weighted by molar-refractivity contribution is -0.274. The van der Waals surface area contributed by atoms with Crippen LogP contribution in [0, 0.1) is 0 Å². The van der Waals surface area contributed by atoms with E-state index in [-0.39, 0.29) is 23.6 Å². The molecule has 3 amide bonds. The Kier molecular flexibility index (Phi) is 8.21. The maximum Gasteiger partial charge on any atom is 0.573 e. The van der Waals surface area contributed by atoms with Crippen molar-refractivity contribution in [1.29, 1.82) is 0 Å². The normalized spacial score (nSPS) is 18.1. The number of carbonyl (C=O) groups is 2. The van der Waals surface area contributed by atoms with Crippen molar-refractivity contribution in [2.45, 2.75) is 50.8 Å². The van der Waals surface area contributed by atoms with Gasteiger partial charge in [-0.2, -0.15) is 0 Å². The van der Waals surface area contributed by atoms with Gasteiger partial charge in [0.05, 0.1) is 25.5 Å². The highest BCUT2D eigenvalue weighted by atomic mass is 19.4. The number of amides is 3. The fraction of sp³-hybridized carbons (Fsp3) is 0.391. The molecule has 0 atom stereocenters. The number of alkyl halides is 3. The molecular formula is C23H26F3N3O5. The zero-order chi connectivity index (χ0) is 24.7. The molecule has 0 unspecified atom stereocenters. The smallest absolute Gasteiger partial charge is 0.495 e. The SMILES string of the molecule is COc1ccc(OC(F)(F)F)cc1NC(=O)N[C@H]1CC[C@H](OCc2cccc(C(N)=O)c2)CC1. The number of urea groups is 1. The molecule has 1 fully saturated rings. The number of hydrogen-bond acceptors (Lipinski definition) is 5. The van der Waals surface area contributed by atoms with Crippen molar-refractivity contribution in [1.82, 2.24) is 5.32 Å². The number of nitrogens with two attached hydrogens (primary N) is 1. The number of primary amides is 1. The number of carbonyl (C=O) groups excluding carboxylic acids is 2. The van der Waals surface area contributed by atoms with Gasteiger partial charge in [-0.15, -0.1) is 13.2 Å². The van der Waals surface area contributed by atoms with Gasteiger partial charge >= 0.3 is 12.4 Å². The van der Waals surface area contributed by atoms with Gasteiger partial charge in [0, 0.05) is 17.7 Å². The molecule has 11 heteroatoms. The lowest BCUT2D eigenvalue weighted by atomic mass is 9.93. The Morgan fingerprint density at radius 2 is 1.82 bits per heavy atom. The molecule has 0 aromatic heterocycles. The fourth-order valence-electron chi connectivity index (χ4n) is 3.73. The Labute approximate surface area is 194 Å². The Hall–Kier alpha value is -3.47. The lowest BCUT2D eigenvalue weighted by Crippen LogP contribution is -2.41. The molecule has 184 valence electrons. The van der Waals surface area contributed by atoms with Crippen molar-refractivity contribution in [3.05, 3.63) is 53.6 Å². The molecule has 2 aromatic rings. The van der Waals surface area contributed by atoms with Crippen LogP contribution >= 0.6 is 0 Å². The topological polar surface area (TPSA) is 112 Å². The lowest BCUT2D eigenvalue weighted by Gasteiger charge is -2.29. The molecule has 1 aliphatic carbocycles. The first-order valence-corrected chi connectivity index (χ1v) is 10.6. The summed E-state index contributed by atoms with van der Waals surface area (Å²) in [5.74, 6) is -0.770. The second kappa shape index (κ2) is 11.1. The molecule has 0 aliphatic heterocycles. The number of halogens is 3. The van der Waals surface area contributed by atoms with E-state index >= 15 is 0 Å². The summed E-state index contributed by atoms with van der Waals surface area (Å²) in [7, 11) is 1.34. The number of anilines is 1. The number of hydrogen-bond donors (Lipinski definition) is 3. The number of rotatable bonds is 8. The van der Waals surface area contributed by atoms with Crippen molar-refractivity contribution >= 4 is 17.6 Å². The summed E-state index contributed by atoms with van der Waals surface area (Å²) >= 11 is 0. The molecule has 0 spiro atoms. The number of nitrogens with one attached hydrogen (secondary N) is 2. The second-order valence-electron chi connectivity index (χ2n) is 7.86. The van der Waals surface area contributed by atoms with Gasteiger partial charge < -0.3 is 30.6 Å². The molecule has 34 heavy (non-hydrogen) atoms. The molecular weight excluding hydrogens is 455 g/mol. The van der Waals surface area contributed by atoms with E-state index < -0.39 is 24.1 Å². The quantitative estimate of drug-likeness (QED) is 0.519. The van der Waals surface area contributed by atoms with Crippen LogP contribution in [0.15, 0.2) is 42.5 Å². The van der Waals surface area contributed by atoms with E-state index in [1.807, 2.05) is 6.07 Å². The molecule has 0 heterocycles. The summed E-state index contributed by atoms with van der Waals surface area (Å²) in [6.07, 6.45) is -2.05. The van der Waals surface area contributed by atoms with Gasteiger partial charge in [0.2, 0.25) is 5.91 Å². The number of benzene rings is 2. The highest BCUT2D eigenvalue weighted by molar-refractivity contribution is 5.93. The van der Waals surface area contributed by atoms with E-state index in [9.17, 15) is 22.8 Å². The molecule has 4 N–H and O–H groups in total. The Morgan fingerprint density at radius 1 is 1.09 bits per heavy atom. The van der Waals surface area contributed by atoms with Crippen LogP contribution < -0.4 is 25.8 Å². The third-order valence-corrected chi connectivity index (χ3v) is 5.36. The van der Waals surface area contributed by atoms with Gasteiger partial charge in [0.25, 0.3) is 0 Å². The average molecular weight is 481 g/mol. The Bertz CT molecular complexity index is 1010. The van der Waals surface area contributed by atoms with Crippen LogP contribution in [0.3, 0.4) is 0 Å². The monoisotopic (exact) mass is 481 g/mol. The summed E-state index contributed by atoms with van der Waals surface area (Å²) < 4.78 is 52.4. The minimum atomic E-state index is -4.85. The molecule has 1 saturated carbocycles. The van der Waals surface area contributed by atoms with Crippen molar-refractivity contribution < 1.29 is 37.0 Å².